The highest BCUT2D eigenvalue weighted by Gasteiger charge is 2.15. The topological polar surface area (TPSA) is 49.3 Å². The highest BCUT2D eigenvalue weighted by molar-refractivity contribution is 5.73. The second-order valence-corrected chi connectivity index (χ2v) is 6.40. The van der Waals surface area contributed by atoms with Crippen LogP contribution in [0.15, 0.2) is 30.3 Å². The molecule has 3 nitrogen and oxygen atoms in total. The van der Waals surface area contributed by atoms with Crippen molar-refractivity contribution in [1.82, 2.24) is 5.32 Å². The van der Waals surface area contributed by atoms with Gasteiger partial charge in [0.2, 0.25) is 5.91 Å². The van der Waals surface area contributed by atoms with Crippen LogP contribution >= 0.6 is 0 Å². The first kappa shape index (κ1) is 19.4. The maximum atomic E-state index is 11.1. The van der Waals surface area contributed by atoms with E-state index in [4.69, 9.17) is 0 Å². The molecule has 128 valence electrons. The molecule has 0 radical (unpaired) electrons. The van der Waals surface area contributed by atoms with E-state index in [2.05, 4.69) is 43.4 Å². The lowest BCUT2D eigenvalue weighted by atomic mass is 9.96. The highest BCUT2D eigenvalue weighted by Crippen LogP contribution is 2.15. The lowest BCUT2D eigenvalue weighted by molar-refractivity contribution is -0.120. The summed E-state index contributed by atoms with van der Waals surface area (Å²) in [5.74, 6) is 0.598. The quantitative estimate of drug-likeness (QED) is 0.724. The summed E-state index contributed by atoms with van der Waals surface area (Å²) in [6.45, 7) is 7.93. The monoisotopic (exact) mass is 317 g/mol. The van der Waals surface area contributed by atoms with E-state index in [-0.39, 0.29) is 11.9 Å². The molecule has 0 aliphatic heterocycles. The first-order chi connectivity index (χ1) is 11.0. The molecule has 2 N–H and O–H groups in total. The molecule has 1 amide bonds. The second kappa shape index (κ2) is 10.2. The Hall–Kier alpha value is -1.61. The van der Waals surface area contributed by atoms with E-state index in [0.29, 0.717) is 12.3 Å². The summed E-state index contributed by atoms with van der Waals surface area (Å²) in [5.41, 5.74) is 2.42. The number of carbonyl (C=O) groups excluding carboxylic acids is 1. The largest absolute Gasteiger partial charge is 0.387 e. The van der Waals surface area contributed by atoms with Crippen LogP contribution in [0, 0.1) is 5.92 Å². The van der Waals surface area contributed by atoms with E-state index in [1.165, 1.54) is 25.3 Å². The van der Waals surface area contributed by atoms with Gasteiger partial charge in [-0.1, -0.05) is 70.0 Å². The zero-order valence-corrected chi connectivity index (χ0v) is 14.9. The van der Waals surface area contributed by atoms with Gasteiger partial charge in [0.15, 0.2) is 0 Å². The predicted molar refractivity (Wildman–Crippen MR) is 97.2 cm³/mol. The van der Waals surface area contributed by atoms with Crippen LogP contribution < -0.4 is 5.32 Å². The molecule has 23 heavy (non-hydrogen) atoms. The van der Waals surface area contributed by atoms with Crippen molar-refractivity contribution in [2.24, 2.45) is 5.92 Å². The van der Waals surface area contributed by atoms with Crippen molar-refractivity contribution in [3.05, 3.63) is 41.5 Å². The molecule has 0 aliphatic rings. The van der Waals surface area contributed by atoms with Gasteiger partial charge in [0, 0.05) is 6.92 Å². The Kier molecular flexibility index (Phi) is 8.64. The summed E-state index contributed by atoms with van der Waals surface area (Å²) in [6, 6.07) is 8.23. The average molecular weight is 317 g/mol. The number of nitrogens with one attached hydrogen (secondary N) is 1. The van der Waals surface area contributed by atoms with Crippen LogP contribution in [0.2, 0.25) is 0 Å². The number of benzene rings is 1. The number of rotatable bonds is 9. The average Bonchev–Trinajstić information content (AvgIpc) is 2.51. The van der Waals surface area contributed by atoms with Gasteiger partial charge < -0.3 is 10.4 Å². The molecule has 1 aromatic carbocycles. The third-order valence-electron chi connectivity index (χ3n) is 4.07. The first-order valence-electron chi connectivity index (χ1n) is 8.68. The summed E-state index contributed by atoms with van der Waals surface area (Å²) in [7, 11) is 0. The molecular formula is C20H31NO2. The fourth-order valence-corrected chi connectivity index (χ4v) is 2.80. The molecule has 1 aromatic rings. The van der Waals surface area contributed by atoms with E-state index in [1.54, 1.807) is 6.08 Å². The van der Waals surface area contributed by atoms with E-state index in [9.17, 15) is 9.90 Å². The predicted octanol–water partition coefficient (Wildman–Crippen LogP) is 3.95. The van der Waals surface area contributed by atoms with E-state index < -0.39 is 6.10 Å². The number of amides is 1. The maximum Gasteiger partial charge on any atom is 0.217 e. The van der Waals surface area contributed by atoms with E-state index >= 15 is 0 Å². The van der Waals surface area contributed by atoms with Gasteiger partial charge in [-0.3, -0.25) is 4.79 Å². The Morgan fingerprint density at radius 3 is 2.43 bits per heavy atom. The molecule has 0 spiro atoms. The zero-order chi connectivity index (χ0) is 17.2. The number of carbonyl (C=O) groups is 1. The standard InChI is InChI=1S/C20H31NO2/c1-5-7-15(3)14-18-10-8-17(9-11-18)12-13-20(23)19(6-2)21-16(4)22/h8-13,15,19-20,23H,5-7,14H2,1-4H3,(H,21,22)/b13-12+/t15?,19-,20+/m1/s1. The normalized spacial score (nSPS) is 15.3. The molecule has 0 aromatic heterocycles. The summed E-state index contributed by atoms with van der Waals surface area (Å²) in [5, 5.41) is 12.9. The van der Waals surface area contributed by atoms with Crippen LogP contribution in [0.25, 0.3) is 6.08 Å². The summed E-state index contributed by atoms with van der Waals surface area (Å²) in [4.78, 5) is 11.1. The second-order valence-electron chi connectivity index (χ2n) is 6.40. The highest BCUT2D eigenvalue weighted by atomic mass is 16.3. The minimum Gasteiger partial charge on any atom is -0.387 e. The minimum absolute atomic E-state index is 0.116. The molecule has 3 atom stereocenters. The summed E-state index contributed by atoms with van der Waals surface area (Å²) in [6.07, 6.45) is 7.28. The van der Waals surface area contributed by atoms with Gasteiger partial charge >= 0.3 is 0 Å². The van der Waals surface area contributed by atoms with Gasteiger partial charge in [0.1, 0.15) is 0 Å². The number of aliphatic hydroxyl groups excluding tert-OH is 1. The Morgan fingerprint density at radius 2 is 1.91 bits per heavy atom. The molecule has 0 aliphatic carbocycles. The Balaban J connectivity index is 2.61. The van der Waals surface area contributed by atoms with Crippen LogP contribution in [0.5, 0.6) is 0 Å². The molecule has 0 saturated carbocycles. The van der Waals surface area contributed by atoms with Crippen LogP contribution in [0.4, 0.5) is 0 Å². The first-order valence-corrected chi connectivity index (χ1v) is 8.68. The van der Waals surface area contributed by atoms with Gasteiger partial charge in [0.05, 0.1) is 12.1 Å². The maximum absolute atomic E-state index is 11.1. The van der Waals surface area contributed by atoms with Gasteiger partial charge in [-0.05, 0) is 29.9 Å². The van der Waals surface area contributed by atoms with Gasteiger partial charge in [-0.2, -0.15) is 0 Å². The van der Waals surface area contributed by atoms with E-state index in [1.807, 2.05) is 13.0 Å². The molecule has 1 unspecified atom stereocenters. The lowest BCUT2D eigenvalue weighted by Crippen LogP contribution is -2.40. The Labute approximate surface area is 140 Å². The Morgan fingerprint density at radius 1 is 1.26 bits per heavy atom. The third kappa shape index (κ3) is 7.47. The van der Waals surface area contributed by atoms with Crippen molar-refractivity contribution in [3.63, 3.8) is 0 Å². The van der Waals surface area contributed by atoms with Gasteiger partial charge in [-0.15, -0.1) is 0 Å². The fraction of sp³-hybridized carbons (Fsp3) is 0.550. The molecule has 1 rings (SSSR count). The third-order valence-corrected chi connectivity index (χ3v) is 4.07. The fourth-order valence-electron chi connectivity index (χ4n) is 2.80. The van der Waals surface area contributed by atoms with Gasteiger partial charge in [-0.25, -0.2) is 0 Å². The van der Waals surface area contributed by atoms with Crippen molar-refractivity contribution in [2.45, 2.75) is 65.5 Å². The van der Waals surface area contributed by atoms with E-state index in [0.717, 1.165) is 12.0 Å². The SMILES string of the molecule is CCCC(C)Cc1ccc(/C=C/[C@H](O)[C@@H](CC)NC(C)=O)cc1. The van der Waals surface area contributed by atoms with Gasteiger partial charge in [0.25, 0.3) is 0 Å². The van der Waals surface area contributed by atoms with Crippen molar-refractivity contribution in [3.8, 4) is 0 Å². The molecule has 0 bridgehead atoms. The summed E-state index contributed by atoms with van der Waals surface area (Å²) >= 11 is 0. The van der Waals surface area contributed by atoms with Crippen molar-refractivity contribution in [2.75, 3.05) is 0 Å². The van der Waals surface area contributed by atoms with Crippen LogP contribution in [-0.2, 0) is 11.2 Å². The number of hydrogen-bond acceptors (Lipinski definition) is 2. The molecule has 0 heterocycles. The molecule has 0 saturated heterocycles. The zero-order valence-electron chi connectivity index (χ0n) is 14.9. The van der Waals surface area contributed by atoms with Crippen molar-refractivity contribution in [1.29, 1.82) is 0 Å². The molecule has 3 heteroatoms. The molecule has 0 fully saturated rings. The van der Waals surface area contributed by atoms with Crippen LogP contribution in [-0.4, -0.2) is 23.2 Å². The smallest absolute Gasteiger partial charge is 0.217 e. The molecular weight excluding hydrogens is 286 g/mol. The summed E-state index contributed by atoms with van der Waals surface area (Å²) < 4.78 is 0. The van der Waals surface area contributed by atoms with Crippen molar-refractivity contribution < 1.29 is 9.90 Å². The minimum atomic E-state index is -0.673. The van der Waals surface area contributed by atoms with Crippen LogP contribution in [0.3, 0.4) is 0 Å². The number of aliphatic hydroxyl groups is 1. The lowest BCUT2D eigenvalue weighted by Gasteiger charge is -2.19. The Bertz CT molecular complexity index is 493. The van der Waals surface area contributed by atoms with Crippen LogP contribution in [0.1, 0.15) is 58.1 Å². The van der Waals surface area contributed by atoms with Crippen molar-refractivity contribution >= 4 is 12.0 Å². The number of hydrogen-bond donors (Lipinski definition) is 2.